The summed E-state index contributed by atoms with van der Waals surface area (Å²) >= 11 is 0. The fourth-order valence-electron chi connectivity index (χ4n) is 6.09. The summed E-state index contributed by atoms with van der Waals surface area (Å²) in [6, 6.07) is 42.3. The first kappa shape index (κ1) is 23.4. The smallest absolute Gasteiger partial charge is 0.363 e. The van der Waals surface area contributed by atoms with Crippen LogP contribution in [0.5, 0.6) is 0 Å². The number of hydrogen-bond acceptors (Lipinski definition) is 3. The van der Waals surface area contributed by atoms with Gasteiger partial charge in [-0.3, -0.25) is 0 Å². The maximum Gasteiger partial charge on any atom is 0.363 e. The monoisotopic (exact) mass is 528 g/mol. The first-order valence-electron chi connectivity index (χ1n) is 13.7. The van der Waals surface area contributed by atoms with Gasteiger partial charge >= 0.3 is 5.63 Å². The number of aromatic nitrogens is 2. The number of para-hydroxylation sites is 1. The predicted molar refractivity (Wildman–Crippen MR) is 168 cm³/mol. The first-order chi connectivity index (χ1) is 20.2. The average molecular weight is 529 g/mol. The summed E-state index contributed by atoms with van der Waals surface area (Å²) in [6.45, 7) is 2.01. The maximum absolute atomic E-state index is 12.9. The van der Waals surface area contributed by atoms with E-state index in [0.29, 0.717) is 11.1 Å². The van der Waals surface area contributed by atoms with Crippen LogP contribution in [0.1, 0.15) is 5.56 Å². The van der Waals surface area contributed by atoms with Crippen molar-refractivity contribution in [3.8, 4) is 27.9 Å². The number of nitrogens with zero attached hydrogens (tertiary/aromatic N) is 2. The van der Waals surface area contributed by atoms with Crippen LogP contribution in [-0.2, 0) is 0 Å². The van der Waals surface area contributed by atoms with Gasteiger partial charge in [-0.1, -0.05) is 78.9 Å². The molecule has 3 heterocycles. The first-order valence-corrected chi connectivity index (χ1v) is 13.7. The topological polar surface area (TPSA) is 48.0 Å². The molecule has 0 bridgehead atoms. The van der Waals surface area contributed by atoms with E-state index in [0.717, 1.165) is 66.1 Å². The molecule has 0 aliphatic heterocycles. The Balaban J connectivity index is 1.52. The minimum atomic E-state index is -0.414. The molecule has 0 aliphatic rings. The predicted octanol–water partition coefficient (Wildman–Crippen LogP) is 9.08. The van der Waals surface area contributed by atoms with Crippen LogP contribution in [0.2, 0.25) is 0 Å². The molecule has 0 radical (unpaired) electrons. The molecule has 0 N–H and O–H groups in total. The van der Waals surface area contributed by atoms with Gasteiger partial charge in [0.25, 0.3) is 0 Å². The van der Waals surface area contributed by atoms with Crippen LogP contribution in [-0.4, -0.2) is 9.55 Å². The lowest BCUT2D eigenvalue weighted by Gasteiger charge is -2.14. The van der Waals surface area contributed by atoms with Crippen molar-refractivity contribution < 1.29 is 4.42 Å². The maximum atomic E-state index is 12.9. The zero-order valence-corrected chi connectivity index (χ0v) is 22.3. The molecule has 0 fully saturated rings. The molecule has 4 nitrogen and oxygen atoms in total. The second kappa shape index (κ2) is 9.04. The van der Waals surface area contributed by atoms with E-state index in [2.05, 4.69) is 107 Å². The Morgan fingerprint density at radius 2 is 1.27 bits per heavy atom. The third kappa shape index (κ3) is 3.69. The summed E-state index contributed by atoms with van der Waals surface area (Å²) in [5, 5.41) is 3.84. The average Bonchev–Trinajstić information content (AvgIpc) is 3.34. The van der Waals surface area contributed by atoms with Crippen molar-refractivity contribution in [2.45, 2.75) is 6.92 Å². The van der Waals surface area contributed by atoms with Crippen LogP contribution in [0.25, 0.3) is 71.6 Å². The molecule has 0 saturated carbocycles. The molecule has 0 aliphatic carbocycles. The molecule has 41 heavy (non-hydrogen) atoms. The van der Waals surface area contributed by atoms with E-state index >= 15 is 0 Å². The lowest BCUT2D eigenvalue weighted by molar-refractivity contribution is 0.568. The van der Waals surface area contributed by atoms with E-state index < -0.39 is 5.63 Å². The number of fused-ring (bicyclic) bond motifs is 6. The lowest BCUT2D eigenvalue weighted by Crippen LogP contribution is -2.03. The van der Waals surface area contributed by atoms with Gasteiger partial charge in [0, 0.05) is 33.4 Å². The van der Waals surface area contributed by atoms with Crippen LogP contribution >= 0.6 is 0 Å². The second-order valence-electron chi connectivity index (χ2n) is 10.5. The molecule has 8 aromatic rings. The highest BCUT2D eigenvalue weighted by molar-refractivity contribution is 6.16. The number of hydrogen-bond donors (Lipinski definition) is 0. The molecule has 0 atom stereocenters. The van der Waals surface area contributed by atoms with Crippen LogP contribution in [0.4, 0.5) is 0 Å². The van der Waals surface area contributed by atoms with Gasteiger partial charge in [0.1, 0.15) is 5.58 Å². The quantitative estimate of drug-likeness (QED) is 0.170. The van der Waals surface area contributed by atoms with Gasteiger partial charge in [-0.25, -0.2) is 9.78 Å². The van der Waals surface area contributed by atoms with Gasteiger partial charge in [-0.15, -0.1) is 0 Å². The highest BCUT2D eigenvalue weighted by atomic mass is 16.4. The van der Waals surface area contributed by atoms with Crippen LogP contribution < -0.4 is 5.63 Å². The van der Waals surface area contributed by atoms with Crippen molar-refractivity contribution >= 4 is 43.7 Å². The van der Waals surface area contributed by atoms with E-state index in [1.807, 2.05) is 31.2 Å². The number of aryl methyl sites for hydroxylation is 1. The Morgan fingerprint density at radius 1 is 0.610 bits per heavy atom. The molecule has 5 aromatic carbocycles. The third-order valence-corrected chi connectivity index (χ3v) is 7.99. The van der Waals surface area contributed by atoms with E-state index in [1.54, 1.807) is 6.20 Å². The van der Waals surface area contributed by atoms with Crippen LogP contribution in [0.3, 0.4) is 0 Å². The summed E-state index contributed by atoms with van der Waals surface area (Å²) in [5.74, 6) is 0. The van der Waals surface area contributed by atoms with Gasteiger partial charge in [0.2, 0.25) is 0 Å². The zero-order chi connectivity index (χ0) is 27.5. The van der Waals surface area contributed by atoms with Crippen molar-refractivity contribution in [2.75, 3.05) is 0 Å². The van der Waals surface area contributed by atoms with Gasteiger partial charge in [0.15, 0.2) is 5.52 Å². The molecule has 0 unspecified atom stereocenters. The Kier molecular flexibility index (Phi) is 5.16. The van der Waals surface area contributed by atoms with Gasteiger partial charge in [-0.2, -0.15) is 0 Å². The summed E-state index contributed by atoms with van der Waals surface area (Å²) in [6.07, 6.45) is 1.66. The van der Waals surface area contributed by atoms with Gasteiger partial charge in [0.05, 0.1) is 11.0 Å². The zero-order valence-electron chi connectivity index (χ0n) is 22.3. The fourth-order valence-corrected chi connectivity index (χ4v) is 6.09. The van der Waals surface area contributed by atoms with E-state index in [9.17, 15) is 4.79 Å². The molecule has 4 heteroatoms. The Hall–Kier alpha value is -5.48. The van der Waals surface area contributed by atoms with E-state index in [1.165, 1.54) is 0 Å². The molecular formula is C37H24N2O2. The van der Waals surface area contributed by atoms with Gasteiger partial charge in [-0.05, 0) is 77.2 Å². The Morgan fingerprint density at radius 3 is 1.98 bits per heavy atom. The minimum Gasteiger partial charge on any atom is -0.421 e. The second-order valence-corrected chi connectivity index (χ2v) is 10.5. The normalized spacial score (nSPS) is 11.6. The summed E-state index contributed by atoms with van der Waals surface area (Å²) in [4.78, 5) is 17.3. The molecule has 0 saturated heterocycles. The number of pyridine rings is 1. The number of rotatable bonds is 3. The van der Waals surface area contributed by atoms with Crippen molar-refractivity contribution in [3.05, 3.63) is 144 Å². The summed E-state index contributed by atoms with van der Waals surface area (Å²) < 4.78 is 8.15. The van der Waals surface area contributed by atoms with Gasteiger partial charge < -0.3 is 8.98 Å². The van der Waals surface area contributed by atoms with Crippen molar-refractivity contribution in [2.24, 2.45) is 0 Å². The third-order valence-electron chi connectivity index (χ3n) is 7.99. The standard InChI is InChI=1S/C37H24N2O2/c1-23-16-17-38-36-35(23)31-21-33-30(22-34(31)41-37(36)40)29-14-8-9-15-32(29)39(33)28-19-26(24-10-4-2-5-11-24)18-27(20-28)25-12-6-3-7-13-25/h2-22H,1H3. The SMILES string of the molecule is Cc1ccnc2c(=O)oc3cc4c5ccccc5n(-c5cc(-c6ccccc6)cc(-c6ccccc6)c5)c4cc3c12. The highest BCUT2D eigenvalue weighted by Crippen LogP contribution is 2.38. The van der Waals surface area contributed by atoms with E-state index in [-0.39, 0.29) is 0 Å². The molecule has 8 rings (SSSR count). The molecule has 0 spiro atoms. The number of benzene rings is 5. The summed E-state index contributed by atoms with van der Waals surface area (Å²) in [7, 11) is 0. The molecule has 0 amide bonds. The fraction of sp³-hybridized carbons (Fsp3) is 0.0270. The largest absolute Gasteiger partial charge is 0.421 e. The van der Waals surface area contributed by atoms with Crippen molar-refractivity contribution in [1.29, 1.82) is 0 Å². The highest BCUT2D eigenvalue weighted by Gasteiger charge is 2.18. The van der Waals surface area contributed by atoms with Crippen molar-refractivity contribution in [1.82, 2.24) is 9.55 Å². The Labute approximate surface area is 235 Å². The summed E-state index contributed by atoms with van der Waals surface area (Å²) in [5.41, 5.74) is 9.30. The minimum absolute atomic E-state index is 0.358. The lowest BCUT2D eigenvalue weighted by atomic mass is 9.98. The molecule has 3 aromatic heterocycles. The molecule has 194 valence electrons. The van der Waals surface area contributed by atoms with Crippen LogP contribution in [0.15, 0.2) is 137 Å². The molecular weight excluding hydrogens is 504 g/mol. The van der Waals surface area contributed by atoms with Crippen LogP contribution in [0, 0.1) is 6.92 Å². The van der Waals surface area contributed by atoms with E-state index in [4.69, 9.17) is 4.42 Å². The Bertz CT molecular complexity index is 2270. The van der Waals surface area contributed by atoms with Crippen molar-refractivity contribution in [3.63, 3.8) is 0 Å².